The van der Waals surface area contributed by atoms with Crippen LogP contribution in [0.1, 0.15) is 29.2 Å². The average Bonchev–Trinajstić information content (AvgIpc) is 3.24. The number of nitrogens with one attached hydrogen (secondary N) is 1. The van der Waals surface area contributed by atoms with Crippen molar-refractivity contribution in [1.82, 2.24) is 10.2 Å². The number of benzene rings is 2. The van der Waals surface area contributed by atoms with E-state index in [0.29, 0.717) is 18.7 Å². The fraction of sp³-hybridized carbons (Fsp3) is 0.227. The van der Waals surface area contributed by atoms with Crippen molar-refractivity contribution < 1.29 is 19.1 Å². The number of carbonyl (C=O) groups is 3. The summed E-state index contributed by atoms with van der Waals surface area (Å²) in [6.07, 6.45) is 4.24. The number of hydrogen-bond acceptors (Lipinski definition) is 4. The van der Waals surface area contributed by atoms with Crippen molar-refractivity contribution in [3.8, 4) is 5.75 Å². The fourth-order valence-electron chi connectivity index (χ4n) is 3.72. The van der Waals surface area contributed by atoms with Gasteiger partial charge in [-0.25, -0.2) is 4.79 Å². The third kappa shape index (κ3) is 3.67. The molecule has 1 aliphatic heterocycles. The zero-order valence-electron chi connectivity index (χ0n) is 15.3. The highest BCUT2D eigenvalue weighted by atomic mass is 16.6. The number of imide groups is 1. The molecule has 0 aromatic heterocycles. The van der Waals surface area contributed by atoms with Gasteiger partial charge < -0.3 is 10.1 Å². The van der Waals surface area contributed by atoms with E-state index < -0.39 is 6.09 Å². The van der Waals surface area contributed by atoms with Crippen LogP contribution in [-0.2, 0) is 22.4 Å². The standard InChI is InChI=1S/C22H20N2O4/c25-20-10-11-21(26)24(20)19-9-6-16-14-17(7-8-18(16)19)28-22(27)23-13-12-15-4-2-1-3-5-15/h1-5,7-8,10-11,14,19H,6,9,12-13H2,(H,23,27)/t19-/m0/s1. The average molecular weight is 376 g/mol. The number of fused-ring (bicyclic) bond motifs is 1. The van der Waals surface area contributed by atoms with Gasteiger partial charge in [0.1, 0.15) is 5.75 Å². The molecule has 28 heavy (non-hydrogen) atoms. The lowest BCUT2D eigenvalue weighted by molar-refractivity contribution is -0.139. The second kappa shape index (κ2) is 7.68. The summed E-state index contributed by atoms with van der Waals surface area (Å²) in [7, 11) is 0. The van der Waals surface area contributed by atoms with Gasteiger partial charge in [-0.1, -0.05) is 36.4 Å². The summed E-state index contributed by atoms with van der Waals surface area (Å²) in [4.78, 5) is 37.2. The molecule has 0 saturated carbocycles. The summed E-state index contributed by atoms with van der Waals surface area (Å²) >= 11 is 0. The molecule has 1 heterocycles. The Kier molecular flexibility index (Phi) is 4.93. The molecule has 0 fully saturated rings. The van der Waals surface area contributed by atoms with Gasteiger partial charge in [-0.3, -0.25) is 14.5 Å². The number of carbonyl (C=O) groups excluding carboxylic acids is 3. The minimum Gasteiger partial charge on any atom is -0.410 e. The first-order valence-electron chi connectivity index (χ1n) is 9.29. The molecule has 0 unspecified atom stereocenters. The number of ether oxygens (including phenoxy) is 1. The van der Waals surface area contributed by atoms with Gasteiger partial charge in [0.2, 0.25) is 0 Å². The molecule has 6 heteroatoms. The Morgan fingerprint density at radius 2 is 1.82 bits per heavy atom. The van der Waals surface area contributed by atoms with Crippen LogP contribution in [-0.4, -0.2) is 29.4 Å². The molecule has 2 aromatic carbocycles. The second-order valence-corrected chi connectivity index (χ2v) is 6.85. The van der Waals surface area contributed by atoms with Gasteiger partial charge in [-0.2, -0.15) is 0 Å². The van der Waals surface area contributed by atoms with E-state index in [1.54, 1.807) is 6.07 Å². The lowest BCUT2D eigenvalue weighted by Crippen LogP contribution is -2.33. The lowest BCUT2D eigenvalue weighted by atomic mass is 10.1. The number of nitrogens with zero attached hydrogens (tertiary/aromatic N) is 1. The fourth-order valence-corrected chi connectivity index (χ4v) is 3.72. The molecule has 2 aromatic rings. The van der Waals surface area contributed by atoms with Gasteiger partial charge in [0.05, 0.1) is 6.04 Å². The van der Waals surface area contributed by atoms with E-state index in [-0.39, 0.29) is 17.9 Å². The lowest BCUT2D eigenvalue weighted by Gasteiger charge is -2.22. The Morgan fingerprint density at radius 1 is 1.07 bits per heavy atom. The normalized spacial score (nSPS) is 17.7. The number of rotatable bonds is 5. The largest absolute Gasteiger partial charge is 0.412 e. The summed E-state index contributed by atoms with van der Waals surface area (Å²) in [5, 5.41) is 2.75. The van der Waals surface area contributed by atoms with E-state index in [4.69, 9.17) is 4.74 Å². The Bertz CT molecular complexity index is 934. The van der Waals surface area contributed by atoms with E-state index in [0.717, 1.165) is 29.5 Å². The van der Waals surface area contributed by atoms with Crippen molar-refractivity contribution in [2.45, 2.75) is 25.3 Å². The molecule has 1 aliphatic carbocycles. The van der Waals surface area contributed by atoms with Crippen LogP contribution in [0.3, 0.4) is 0 Å². The first-order valence-corrected chi connectivity index (χ1v) is 9.29. The van der Waals surface area contributed by atoms with Crippen molar-refractivity contribution in [3.05, 3.63) is 77.4 Å². The number of hydrogen-bond donors (Lipinski definition) is 1. The van der Waals surface area contributed by atoms with Crippen molar-refractivity contribution in [2.24, 2.45) is 0 Å². The van der Waals surface area contributed by atoms with Gasteiger partial charge in [0.25, 0.3) is 11.8 Å². The molecule has 1 atom stereocenters. The van der Waals surface area contributed by atoms with E-state index in [2.05, 4.69) is 5.32 Å². The van der Waals surface area contributed by atoms with Crippen LogP contribution < -0.4 is 10.1 Å². The summed E-state index contributed by atoms with van der Waals surface area (Å²) < 4.78 is 5.37. The number of aryl methyl sites for hydroxylation is 1. The molecule has 0 spiro atoms. The summed E-state index contributed by atoms with van der Waals surface area (Å²) in [5.41, 5.74) is 3.07. The van der Waals surface area contributed by atoms with Gasteiger partial charge >= 0.3 is 6.09 Å². The molecule has 0 radical (unpaired) electrons. The Labute approximate surface area is 162 Å². The van der Waals surface area contributed by atoms with E-state index in [1.165, 1.54) is 17.1 Å². The predicted octanol–water partition coefficient (Wildman–Crippen LogP) is 2.93. The highest BCUT2D eigenvalue weighted by Crippen LogP contribution is 2.38. The van der Waals surface area contributed by atoms with E-state index in [9.17, 15) is 14.4 Å². The van der Waals surface area contributed by atoms with Gasteiger partial charge in [-0.15, -0.1) is 0 Å². The van der Waals surface area contributed by atoms with Gasteiger partial charge in [0, 0.05) is 18.7 Å². The first-order chi connectivity index (χ1) is 13.6. The third-order valence-electron chi connectivity index (χ3n) is 5.05. The van der Waals surface area contributed by atoms with E-state index >= 15 is 0 Å². The Hall–Kier alpha value is -3.41. The van der Waals surface area contributed by atoms with Crippen molar-refractivity contribution in [2.75, 3.05) is 6.54 Å². The van der Waals surface area contributed by atoms with Crippen LogP contribution in [0.25, 0.3) is 0 Å². The smallest absolute Gasteiger partial charge is 0.410 e. The SMILES string of the molecule is O=C(NCCc1ccccc1)Oc1ccc2c(c1)CC[C@@H]2N1C(=O)C=CC1=O. The van der Waals surface area contributed by atoms with Crippen molar-refractivity contribution in [3.63, 3.8) is 0 Å². The monoisotopic (exact) mass is 376 g/mol. The second-order valence-electron chi connectivity index (χ2n) is 6.85. The number of amides is 3. The minimum absolute atomic E-state index is 0.251. The summed E-state index contributed by atoms with van der Waals surface area (Å²) in [6, 6.07) is 15.0. The highest BCUT2D eigenvalue weighted by molar-refractivity contribution is 6.13. The molecule has 4 rings (SSSR count). The van der Waals surface area contributed by atoms with Crippen LogP contribution in [0.5, 0.6) is 5.75 Å². The summed E-state index contributed by atoms with van der Waals surface area (Å²) in [6.45, 7) is 0.488. The molecular formula is C22H20N2O4. The predicted molar refractivity (Wildman–Crippen MR) is 103 cm³/mol. The van der Waals surface area contributed by atoms with Crippen LogP contribution in [0, 0.1) is 0 Å². The maximum Gasteiger partial charge on any atom is 0.412 e. The van der Waals surface area contributed by atoms with Gasteiger partial charge in [0.15, 0.2) is 0 Å². The third-order valence-corrected chi connectivity index (χ3v) is 5.05. The molecule has 0 bridgehead atoms. The molecule has 1 N–H and O–H groups in total. The van der Waals surface area contributed by atoms with Crippen LogP contribution >= 0.6 is 0 Å². The molecule has 0 saturated heterocycles. The molecule has 6 nitrogen and oxygen atoms in total. The zero-order valence-corrected chi connectivity index (χ0v) is 15.3. The summed E-state index contributed by atoms with van der Waals surface area (Å²) in [5.74, 6) is -0.101. The maximum atomic E-state index is 12.0. The minimum atomic E-state index is -0.500. The van der Waals surface area contributed by atoms with Gasteiger partial charge in [-0.05, 0) is 48.1 Å². The van der Waals surface area contributed by atoms with E-state index in [1.807, 2.05) is 42.5 Å². The topological polar surface area (TPSA) is 75.7 Å². The van der Waals surface area contributed by atoms with Crippen molar-refractivity contribution >= 4 is 17.9 Å². The van der Waals surface area contributed by atoms with Crippen LogP contribution in [0.15, 0.2) is 60.7 Å². The highest BCUT2D eigenvalue weighted by Gasteiger charge is 2.36. The Morgan fingerprint density at radius 3 is 2.57 bits per heavy atom. The molecule has 2 aliphatic rings. The maximum absolute atomic E-state index is 12.0. The van der Waals surface area contributed by atoms with Crippen molar-refractivity contribution in [1.29, 1.82) is 0 Å². The first kappa shape index (κ1) is 18.0. The quantitative estimate of drug-likeness (QED) is 0.814. The van der Waals surface area contributed by atoms with Crippen LogP contribution in [0.4, 0.5) is 4.79 Å². The zero-order chi connectivity index (χ0) is 19.5. The molecular weight excluding hydrogens is 356 g/mol. The molecule has 142 valence electrons. The van der Waals surface area contributed by atoms with Crippen LogP contribution in [0.2, 0.25) is 0 Å². The molecule has 3 amide bonds. The Balaban J connectivity index is 1.35.